The van der Waals surface area contributed by atoms with E-state index in [-0.39, 0.29) is 0 Å². The van der Waals surface area contributed by atoms with Gasteiger partial charge in [0.15, 0.2) is 0 Å². The van der Waals surface area contributed by atoms with Crippen LogP contribution in [0.15, 0.2) is 42.5 Å². The maximum absolute atomic E-state index is 6.36. The highest BCUT2D eigenvalue weighted by Crippen LogP contribution is 2.28. The molecule has 0 aliphatic heterocycles. The minimum atomic E-state index is 0.397. The molecule has 0 amide bonds. The molecule has 0 aromatic heterocycles. The Bertz CT molecular complexity index is 577. The van der Waals surface area contributed by atoms with Gasteiger partial charge in [-0.3, -0.25) is 0 Å². The third-order valence-corrected chi connectivity index (χ3v) is 4.11. The zero-order valence-electron chi connectivity index (χ0n) is 12.4. The summed E-state index contributed by atoms with van der Waals surface area (Å²) in [5.41, 5.74) is 5.30. The van der Waals surface area contributed by atoms with Crippen molar-refractivity contribution in [3.63, 3.8) is 0 Å². The molecule has 1 N–H and O–H groups in total. The first-order chi connectivity index (χ1) is 9.61. The fraction of sp³-hybridized carbons (Fsp3) is 0.333. The quantitative estimate of drug-likeness (QED) is 0.853. The van der Waals surface area contributed by atoms with Gasteiger partial charge in [0.1, 0.15) is 0 Å². The molecule has 1 atom stereocenters. The summed E-state index contributed by atoms with van der Waals surface area (Å²) in [6.45, 7) is 5.25. The van der Waals surface area contributed by atoms with Crippen molar-refractivity contribution in [1.82, 2.24) is 5.32 Å². The first kappa shape index (κ1) is 15.1. The lowest BCUT2D eigenvalue weighted by atomic mass is 9.89. The molecular formula is C18H22ClN. The second-order valence-electron chi connectivity index (χ2n) is 5.41. The monoisotopic (exact) mass is 287 g/mol. The van der Waals surface area contributed by atoms with Crippen LogP contribution >= 0.6 is 11.6 Å². The molecule has 20 heavy (non-hydrogen) atoms. The lowest BCUT2D eigenvalue weighted by molar-refractivity contribution is 0.624. The normalized spacial score (nSPS) is 12.4. The Kier molecular flexibility index (Phi) is 5.22. The SMILES string of the molecule is CNCC(Cc1cc(C)ccc1C)c1ccccc1Cl. The molecule has 0 aliphatic rings. The summed E-state index contributed by atoms with van der Waals surface area (Å²) in [6, 6.07) is 14.8. The highest BCUT2D eigenvalue weighted by molar-refractivity contribution is 6.31. The third-order valence-electron chi connectivity index (χ3n) is 3.77. The van der Waals surface area contributed by atoms with Gasteiger partial charge in [-0.2, -0.15) is 0 Å². The number of hydrogen-bond donors (Lipinski definition) is 1. The van der Waals surface area contributed by atoms with Gasteiger partial charge in [0.25, 0.3) is 0 Å². The Hall–Kier alpha value is -1.31. The van der Waals surface area contributed by atoms with E-state index in [1.54, 1.807) is 0 Å². The van der Waals surface area contributed by atoms with E-state index in [1.807, 2.05) is 19.2 Å². The molecule has 2 heteroatoms. The lowest BCUT2D eigenvalue weighted by Gasteiger charge is -2.20. The van der Waals surface area contributed by atoms with E-state index in [1.165, 1.54) is 22.3 Å². The Morgan fingerprint density at radius 3 is 2.55 bits per heavy atom. The average molecular weight is 288 g/mol. The van der Waals surface area contributed by atoms with Gasteiger partial charge in [-0.25, -0.2) is 0 Å². The molecule has 2 rings (SSSR count). The zero-order chi connectivity index (χ0) is 14.5. The molecule has 0 saturated heterocycles. The number of halogens is 1. The second kappa shape index (κ2) is 6.92. The number of benzene rings is 2. The predicted octanol–water partition coefficient (Wildman–Crippen LogP) is 4.50. The maximum Gasteiger partial charge on any atom is 0.0441 e. The van der Waals surface area contributed by atoms with Crippen molar-refractivity contribution >= 4 is 11.6 Å². The largest absolute Gasteiger partial charge is 0.319 e. The molecule has 0 heterocycles. The molecule has 2 aromatic rings. The molecule has 1 nitrogen and oxygen atoms in total. The number of hydrogen-bond acceptors (Lipinski definition) is 1. The lowest BCUT2D eigenvalue weighted by Crippen LogP contribution is -2.19. The van der Waals surface area contributed by atoms with Crippen molar-refractivity contribution in [2.45, 2.75) is 26.2 Å². The van der Waals surface area contributed by atoms with Crippen molar-refractivity contribution in [2.75, 3.05) is 13.6 Å². The summed E-state index contributed by atoms with van der Waals surface area (Å²) >= 11 is 6.36. The van der Waals surface area contributed by atoms with E-state index in [0.717, 1.165) is 18.0 Å². The minimum absolute atomic E-state index is 0.397. The molecule has 0 fully saturated rings. The average Bonchev–Trinajstić information content (AvgIpc) is 2.43. The Morgan fingerprint density at radius 2 is 1.85 bits per heavy atom. The molecule has 0 aliphatic carbocycles. The summed E-state index contributed by atoms with van der Waals surface area (Å²) in [5.74, 6) is 0.397. The molecule has 2 aromatic carbocycles. The summed E-state index contributed by atoms with van der Waals surface area (Å²) in [7, 11) is 1.99. The molecule has 106 valence electrons. The minimum Gasteiger partial charge on any atom is -0.319 e. The van der Waals surface area contributed by atoms with Gasteiger partial charge in [-0.05, 0) is 50.1 Å². The predicted molar refractivity (Wildman–Crippen MR) is 87.7 cm³/mol. The summed E-state index contributed by atoms with van der Waals surface area (Å²) in [5, 5.41) is 4.15. The number of likely N-dealkylation sites (N-methyl/N-ethyl adjacent to an activating group) is 1. The van der Waals surface area contributed by atoms with Gasteiger partial charge in [0.05, 0.1) is 0 Å². The van der Waals surface area contributed by atoms with Crippen molar-refractivity contribution in [3.8, 4) is 0 Å². The van der Waals surface area contributed by atoms with Gasteiger partial charge in [-0.1, -0.05) is 53.6 Å². The van der Waals surface area contributed by atoms with Crippen LogP contribution in [0.25, 0.3) is 0 Å². The van der Waals surface area contributed by atoms with Gasteiger partial charge < -0.3 is 5.32 Å². The van der Waals surface area contributed by atoms with Crippen LogP contribution in [0.1, 0.15) is 28.2 Å². The summed E-state index contributed by atoms with van der Waals surface area (Å²) < 4.78 is 0. The van der Waals surface area contributed by atoms with E-state index in [4.69, 9.17) is 11.6 Å². The third kappa shape index (κ3) is 3.62. The van der Waals surface area contributed by atoms with Gasteiger partial charge in [0.2, 0.25) is 0 Å². The molecule has 0 saturated carbocycles. The van der Waals surface area contributed by atoms with Crippen LogP contribution in [-0.2, 0) is 6.42 Å². The Labute approximate surface area is 127 Å². The topological polar surface area (TPSA) is 12.0 Å². The number of nitrogens with one attached hydrogen (secondary N) is 1. The number of rotatable bonds is 5. The highest BCUT2D eigenvalue weighted by atomic mass is 35.5. The molecular weight excluding hydrogens is 266 g/mol. The first-order valence-corrected chi connectivity index (χ1v) is 7.44. The van der Waals surface area contributed by atoms with Crippen LogP contribution in [-0.4, -0.2) is 13.6 Å². The fourth-order valence-corrected chi connectivity index (χ4v) is 2.92. The molecule has 0 radical (unpaired) electrons. The van der Waals surface area contributed by atoms with E-state index in [2.05, 4.69) is 49.5 Å². The van der Waals surface area contributed by atoms with Crippen LogP contribution < -0.4 is 5.32 Å². The van der Waals surface area contributed by atoms with Crippen LogP contribution in [0.3, 0.4) is 0 Å². The molecule has 0 bridgehead atoms. The fourth-order valence-electron chi connectivity index (χ4n) is 2.63. The Balaban J connectivity index is 2.30. The summed E-state index contributed by atoms with van der Waals surface area (Å²) in [4.78, 5) is 0. The van der Waals surface area contributed by atoms with Crippen LogP contribution in [0.4, 0.5) is 0 Å². The number of aryl methyl sites for hydroxylation is 2. The van der Waals surface area contributed by atoms with E-state index in [9.17, 15) is 0 Å². The van der Waals surface area contributed by atoms with Gasteiger partial charge in [-0.15, -0.1) is 0 Å². The van der Waals surface area contributed by atoms with Gasteiger partial charge >= 0.3 is 0 Å². The van der Waals surface area contributed by atoms with Gasteiger partial charge in [0, 0.05) is 17.5 Å². The van der Waals surface area contributed by atoms with Crippen LogP contribution in [0.5, 0.6) is 0 Å². The van der Waals surface area contributed by atoms with E-state index < -0.39 is 0 Å². The molecule has 0 spiro atoms. The maximum atomic E-state index is 6.36. The van der Waals surface area contributed by atoms with Crippen molar-refractivity contribution in [3.05, 3.63) is 69.7 Å². The zero-order valence-corrected chi connectivity index (χ0v) is 13.2. The van der Waals surface area contributed by atoms with Crippen molar-refractivity contribution in [2.24, 2.45) is 0 Å². The summed E-state index contributed by atoms with van der Waals surface area (Å²) in [6.07, 6.45) is 1.01. The standard InChI is InChI=1S/C18H22ClN/c1-13-8-9-14(2)15(10-13)11-16(12-20-3)17-6-4-5-7-18(17)19/h4-10,16,20H,11-12H2,1-3H3. The molecule has 1 unspecified atom stereocenters. The first-order valence-electron chi connectivity index (χ1n) is 7.07. The van der Waals surface area contributed by atoms with Crippen molar-refractivity contribution in [1.29, 1.82) is 0 Å². The van der Waals surface area contributed by atoms with E-state index in [0.29, 0.717) is 5.92 Å². The van der Waals surface area contributed by atoms with Crippen LogP contribution in [0.2, 0.25) is 5.02 Å². The van der Waals surface area contributed by atoms with Crippen molar-refractivity contribution < 1.29 is 0 Å². The van der Waals surface area contributed by atoms with E-state index >= 15 is 0 Å². The smallest absolute Gasteiger partial charge is 0.0441 e. The highest BCUT2D eigenvalue weighted by Gasteiger charge is 2.15. The second-order valence-corrected chi connectivity index (χ2v) is 5.82. The van der Waals surface area contributed by atoms with Crippen LogP contribution in [0, 0.1) is 13.8 Å². The Morgan fingerprint density at radius 1 is 1.10 bits per heavy atom.